The number of ether oxygens (including phenoxy) is 1. The van der Waals surface area contributed by atoms with E-state index >= 15 is 0 Å². The monoisotopic (exact) mass is 693 g/mol. The van der Waals surface area contributed by atoms with Crippen LogP contribution in [0.4, 0.5) is 13.2 Å². The Morgan fingerprint density at radius 1 is 1.02 bits per heavy atom. The molecule has 244 valence electrons. The molecule has 0 saturated carbocycles. The number of aliphatic carboxylic acids is 2. The lowest BCUT2D eigenvalue weighted by Crippen LogP contribution is -2.50. The van der Waals surface area contributed by atoms with Crippen molar-refractivity contribution in [1.82, 2.24) is 14.6 Å². The number of nitrogens with one attached hydrogen (secondary N) is 1. The number of carboxylic acid groups (broad SMARTS) is 2. The van der Waals surface area contributed by atoms with Crippen LogP contribution in [0, 0.1) is 0 Å². The van der Waals surface area contributed by atoms with Gasteiger partial charge in [-0.05, 0) is 66.4 Å². The Balaban J connectivity index is 0.000000791. The number of hydrogen-bond acceptors (Lipinski definition) is 6. The molecule has 0 bridgehead atoms. The molecule has 1 unspecified atom stereocenters. The van der Waals surface area contributed by atoms with Gasteiger partial charge in [-0.2, -0.15) is 13.2 Å². The number of carboxylic acids is 2. The van der Waals surface area contributed by atoms with Gasteiger partial charge in [0.1, 0.15) is 35.4 Å². The lowest BCUT2D eigenvalue weighted by molar-refractivity contribution is -0.192. The molecule has 1 aliphatic rings. The summed E-state index contributed by atoms with van der Waals surface area (Å²) in [6, 6.07) is 13.5. The molecule has 2 heterocycles. The van der Waals surface area contributed by atoms with E-state index in [0.717, 1.165) is 11.1 Å². The van der Waals surface area contributed by atoms with E-state index in [-0.39, 0.29) is 11.9 Å². The maximum absolute atomic E-state index is 13.2. The predicted molar refractivity (Wildman–Crippen MR) is 158 cm³/mol. The molecule has 4 rings (SSSR count). The molecule has 1 aromatic heterocycles. The van der Waals surface area contributed by atoms with Crippen LogP contribution in [-0.4, -0.2) is 71.8 Å². The van der Waals surface area contributed by atoms with Gasteiger partial charge in [0.15, 0.2) is 0 Å². The zero-order chi connectivity index (χ0) is 32.4. The van der Waals surface area contributed by atoms with Crippen LogP contribution < -0.4 is 10.1 Å². The SMILES string of the molecule is O.O=C(O)C(F)(F)F.O=C(O)[C@H](Cc1ccc(OCc2ccncc2)cc1)NC(=O)[C@@H]1CCCN1S(=O)c1cc(Cl)cc(Cl)c1. The Bertz CT molecular complexity index is 1460. The third-order valence-electron chi connectivity index (χ3n) is 6.13. The van der Waals surface area contributed by atoms with E-state index in [9.17, 15) is 32.1 Å². The number of benzene rings is 2. The van der Waals surface area contributed by atoms with Gasteiger partial charge in [-0.3, -0.25) is 9.78 Å². The van der Waals surface area contributed by atoms with Crippen molar-refractivity contribution in [3.63, 3.8) is 0 Å². The number of hydrogen-bond donors (Lipinski definition) is 3. The number of amides is 1. The highest BCUT2D eigenvalue weighted by Crippen LogP contribution is 2.27. The first-order valence-corrected chi connectivity index (χ1v) is 14.7. The van der Waals surface area contributed by atoms with Crippen LogP contribution in [0.2, 0.25) is 10.0 Å². The van der Waals surface area contributed by atoms with Crippen LogP contribution in [0.15, 0.2) is 71.9 Å². The molecule has 5 N–H and O–H groups in total. The molecule has 0 spiro atoms. The summed E-state index contributed by atoms with van der Waals surface area (Å²) in [5.41, 5.74) is 1.71. The summed E-state index contributed by atoms with van der Waals surface area (Å²) in [7, 11) is -1.67. The number of carbonyl (C=O) groups excluding carboxylic acids is 1. The van der Waals surface area contributed by atoms with E-state index in [4.69, 9.17) is 37.8 Å². The Morgan fingerprint density at radius 2 is 1.60 bits per heavy atom. The van der Waals surface area contributed by atoms with Crippen LogP contribution in [0.1, 0.15) is 24.0 Å². The first-order valence-electron chi connectivity index (χ1n) is 12.8. The molecule has 17 heteroatoms. The topological polar surface area (TPSA) is 178 Å². The van der Waals surface area contributed by atoms with Gasteiger partial charge in [-0.1, -0.05) is 35.3 Å². The minimum Gasteiger partial charge on any atom is -0.489 e. The molecule has 1 aliphatic heterocycles. The van der Waals surface area contributed by atoms with E-state index in [1.807, 2.05) is 12.1 Å². The van der Waals surface area contributed by atoms with Crippen LogP contribution in [0.3, 0.4) is 0 Å². The summed E-state index contributed by atoms with van der Waals surface area (Å²) in [5, 5.41) is 20.2. The van der Waals surface area contributed by atoms with Crippen molar-refractivity contribution in [2.24, 2.45) is 0 Å². The van der Waals surface area contributed by atoms with Crippen LogP contribution in [0.25, 0.3) is 0 Å². The second-order valence-corrected chi connectivity index (χ2v) is 11.7. The average Bonchev–Trinajstić information content (AvgIpc) is 3.46. The quantitative estimate of drug-likeness (QED) is 0.284. The lowest BCUT2D eigenvalue weighted by atomic mass is 10.1. The smallest absolute Gasteiger partial charge is 0.489 e. The van der Waals surface area contributed by atoms with Gasteiger partial charge in [0.25, 0.3) is 0 Å². The van der Waals surface area contributed by atoms with Crippen LogP contribution >= 0.6 is 23.2 Å². The second kappa shape index (κ2) is 17.1. The van der Waals surface area contributed by atoms with Gasteiger partial charge in [-0.25, -0.2) is 18.1 Å². The van der Waals surface area contributed by atoms with Crippen LogP contribution in [-0.2, 0) is 38.4 Å². The van der Waals surface area contributed by atoms with Crippen LogP contribution in [0.5, 0.6) is 5.75 Å². The van der Waals surface area contributed by atoms with Gasteiger partial charge in [-0.15, -0.1) is 0 Å². The average molecular weight is 695 g/mol. The van der Waals surface area contributed by atoms with Gasteiger partial charge in [0.2, 0.25) is 5.91 Å². The summed E-state index contributed by atoms with van der Waals surface area (Å²) in [6.45, 7) is 0.809. The van der Waals surface area contributed by atoms with Crippen molar-refractivity contribution in [3.8, 4) is 5.75 Å². The maximum atomic E-state index is 13.2. The fourth-order valence-electron chi connectivity index (χ4n) is 4.04. The third kappa shape index (κ3) is 11.6. The highest BCUT2D eigenvalue weighted by Gasteiger charge is 2.38. The minimum atomic E-state index is -5.08. The number of pyridine rings is 1. The van der Waals surface area contributed by atoms with E-state index in [1.165, 1.54) is 6.07 Å². The van der Waals surface area contributed by atoms with E-state index < -0.39 is 47.1 Å². The van der Waals surface area contributed by atoms with Gasteiger partial charge < -0.3 is 25.7 Å². The molecule has 3 atom stereocenters. The van der Waals surface area contributed by atoms with Crippen molar-refractivity contribution < 1.29 is 52.2 Å². The standard InChI is InChI=1S/C26H25Cl2N3O5S.C2HF3O2.H2O/c27-19-13-20(28)15-22(14-19)37(35)31-11-1-2-24(31)25(32)30-23(26(33)34)12-17-3-5-21(6-4-17)36-16-18-7-9-29-10-8-18;3-2(4,5)1(6)7;/h3-10,13-15,23-24H,1-2,11-12,16H2,(H,30,32)(H,33,34);(H,6,7);1H2/t23-,24-,37?;;/m0../s1. The molecule has 1 amide bonds. The largest absolute Gasteiger partial charge is 0.490 e. The van der Waals surface area contributed by atoms with Gasteiger partial charge in [0, 0.05) is 35.4 Å². The fourth-order valence-corrected chi connectivity index (χ4v) is 6.15. The minimum absolute atomic E-state index is 0. The van der Waals surface area contributed by atoms with Crippen molar-refractivity contribution >= 4 is 52.0 Å². The highest BCUT2D eigenvalue weighted by atomic mass is 35.5. The van der Waals surface area contributed by atoms with Crippen molar-refractivity contribution in [2.75, 3.05) is 6.54 Å². The first-order chi connectivity index (χ1) is 20.7. The number of rotatable bonds is 10. The number of halogens is 5. The number of carbonyl (C=O) groups is 3. The van der Waals surface area contributed by atoms with E-state index in [2.05, 4.69) is 10.3 Å². The zero-order valence-corrected chi connectivity index (χ0v) is 25.5. The third-order valence-corrected chi connectivity index (χ3v) is 8.07. The maximum Gasteiger partial charge on any atom is 0.490 e. The molecule has 3 aromatic rings. The molecule has 45 heavy (non-hydrogen) atoms. The van der Waals surface area contributed by atoms with Crippen molar-refractivity contribution in [1.29, 1.82) is 0 Å². The lowest BCUT2D eigenvalue weighted by Gasteiger charge is -2.24. The normalized spacial score (nSPS) is 15.9. The van der Waals surface area contributed by atoms with E-state index in [1.54, 1.807) is 53.1 Å². The summed E-state index contributed by atoms with van der Waals surface area (Å²) in [4.78, 5) is 38.3. The Labute approximate surface area is 267 Å². The second-order valence-electron chi connectivity index (χ2n) is 9.35. The molecule has 1 fully saturated rings. The number of aromatic nitrogens is 1. The Morgan fingerprint density at radius 3 is 2.13 bits per heavy atom. The van der Waals surface area contributed by atoms with Crippen molar-refractivity contribution in [2.45, 2.75) is 49.0 Å². The fraction of sp³-hybridized carbons (Fsp3) is 0.286. The predicted octanol–water partition coefficient (Wildman–Crippen LogP) is 4.08. The Kier molecular flexibility index (Phi) is 14.2. The molecular weight excluding hydrogens is 666 g/mol. The molecule has 0 radical (unpaired) electrons. The molecule has 2 aromatic carbocycles. The summed E-state index contributed by atoms with van der Waals surface area (Å²) in [5.74, 6) is -3.75. The van der Waals surface area contributed by atoms with Gasteiger partial charge >= 0.3 is 18.1 Å². The Hall–Kier alpha value is -3.76. The summed E-state index contributed by atoms with van der Waals surface area (Å²) in [6.07, 6.45) is -0.501. The summed E-state index contributed by atoms with van der Waals surface area (Å²) >= 11 is 12.1. The number of alkyl halides is 3. The first kappa shape index (κ1) is 37.4. The molecule has 11 nitrogen and oxygen atoms in total. The zero-order valence-electron chi connectivity index (χ0n) is 23.2. The molecular formula is C28H28Cl2F3N3O8S. The van der Waals surface area contributed by atoms with Crippen molar-refractivity contribution in [3.05, 3.63) is 88.2 Å². The summed E-state index contributed by atoms with van der Waals surface area (Å²) < 4.78 is 52.2. The molecule has 0 aliphatic carbocycles. The number of nitrogens with zero attached hydrogens (tertiary/aromatic N) is 2. The van der Waals surface area contributed by atoms with Gasteiger partial charge in [0.05, 0.1) is 4.90 Å². The van der Waals surface area contributed by atoms with E-state index in [0.29, 0.717) is 46.7 Å². The molecule has 1 saturated heterocycles. The highest BCUT2D eigenvalue weighted by molar-refractivity contribution is 7.82.